The Labute approximate surface area is 149 Å². The molecule has 2 rings (SSSR count). The monoisotopic (exact) mass is 338 g/mol. The summed E-state index contributed by atoms with van der Waals surface area (Å²) in [6, 6.07) is 17.5. The van der Waals surface area contributed by atoms with Gasteiger partial charge in [0.25, 0.3) is 0 Å². The lowest BCUT2D eigenvalue weighted by Crippen LogP contribution is -2.45. The van der Waals surface area contributed by atoms with Gasteiger partial charge in [0.05, 0.1) is 12.6 Å². The molecular weight excluding hydrogens is 312 g/mol. The molecule has 1 amide bonds. The molecule has 0 aromatic heterocycles. The van der Waals surface area contributed by atoms with Crippen LogP contribution in [0.2, 0.25) is 0 Å². The van der Waals surface area contributed by atoms with Gasteiger partial charge in [-0.2, -0.15) is 0 Å². The van der Waals surface area contributed by atoms with Crippen LogP contribution in [0, 0.1) is 6.92 Å². The van der Waals surface area contributed by atoms with Crippen LogP contribution in [0.25, 0.3) is 0 Å². The van der Waals surface area contributed by atoms with Gasteiger partial charge in [-0.15, -0.1) is 0 Å². The molecule has 4 heteroatoms. The highest BCUT2D eigenvalue weighted by molar-refractivity contribution is 5.88. The predicted molar refractivity (Wildman–Crippen MR) is 100 cm³/mol. The number of benzene rings is 2. The largest absolute Gasteiger partial charge is 0.345 e. The smallest absolute Gasteiger partial charge is 0.234 e. The van der Waals surface area contributed by atoms with Crippen LogP contribution in [0.15, 0.2) is 54.6 Å². The zero-order valence-electron chi connectivity index (χ0n) is 15.2. The van der Waals surface area contributed by atoms with Crippen LogP contribution in [0.4, 0.5) is 0 Å². The fraction of sp³-hybridized carbons (Fsp3) is 0.333. The summed E-state index contributed by atoms with van der Waals surface area (Å²) >= 11 is 0. The third-order valence-corrected chi connectivity index (χ3v) is 4.10. The van der Waals surface area contributed by atoms with Crippen LogP contribution in [-0.2, 0) is 22.6 Å². The topological polar surface area (TPSA) is 49.4 Å². The Balaban J connectivity index is 1.87. The van der Waals surface area contributed by atoms with Crippen LogP contribution < -0.4 is 5.32 Å². The standard InChI is InChI=1S/C21H26N2O2/c1-16-9-11-19(12-10-16)14-23(3)15-21(25)22-20(17(2)24)13-18-7-5-4-6-8-18/h4-12,20H,13-15H2,1-3H3,(H,22,25). The Kier molecular flexibility index (Phi) is 6.90. The van der Waals surface area contributed by atoms with Crippen molar-refractivity contribution in [3.05, 3.63) is 71.3 Å². The van der Waals surface area contributed by atoms with Crippen LogP contribution in [0.1, 0.15) is 23.6 Å². The molecule has 0 radical (unpaired) electrons. The number of hydrogen-bond acceptors (Lipinski definition) is 3. The van der Waals surface area contributed by atoms with Gasteiger partial charge in [-0.05, 0) is 38.4 Å². The van der Waals surface area contributed by atoms with Crippen molar-refractivity contribution < 1.29 is 9.59 Å². The zero-order valence-corrected chi connectivity index (χ0v) is 15.2. The number of hydrogen-bond donors (Lipinski definition) is 1. The highest BCUT2D eigenvalue weighted by Gasteiger charge is 2.18. The van der Waals surface area contributed by atoms with E-state index in [0.29, 0.717) is 13.0 Å². The average molecular weight is 338 g/mol. The van der Waals surface area contributed by atoms with E-state index in [9.17, 15) is 9.59 Å². The van der Waals surface area contributed by atoms with Gasteiger partial charge in [0, 0.05) is 6.54 Å². The predicted octanol–water partition coefficient (Wildman–Crippen LogP) is 2.74. The lowest BCUT2D eigenvalue weighted by atomic mass is 10.0. The summed E-state index contributed by atoms with van der Waals surface area (Å²) < 4.78 is 0. The van der Waals surface area contributed by atoms with Crippen molar-refractivity contribution >= 4 is 11.7 Å². The highest BCUT2D eigenvalue weighted by Crippen LogP contribution is 2.07. The molecule has 4 nitrogen and oxygen atoms in total. The van der Waals surface area contributed by atoms with Gasteiger partial charge in [0.2, 0.25) is 5.91 Å². The van der Waals surface area contributed by atoms with E-state index in [1.54, 1.807) is 0 Å². The SMILES string of the molecule is CC(=O)C(Cc1ccccc1)NC(=O)CN(C)Cc1ccc(C)cc1. The number of ketones is 1. The molecule has 25 heavy (non-hydrogen) atoms. The van der Waals surface area contributed by atoms with Crippen LogP contribution in [0.3, 0.4) is 0 Å². The fourth-order valence-corrected chi connectivity index (χ4v) is 2.69. The molecule has 0 aliphatic carbocycles. The maximum absolute atomic E-state index is 12.3. The Morgan fingerprint density at radius 1 is 1.00 bits per heavy atom. The van der Waals surface area contributed by atoms with E-state index in [4.69, 9.17) is 0 Å². The van der Waals surface area contributed by atoms with Crippen molar-refractivity contribution in [1.29, 1.82) is 0 Å². The number of carbonyl (C=O) groups is 2. The Morgan fingerprint density at radius 2 is 1.64 bits per heavy atom. The number of rotatable bonds is 8. The van der Waals surface area contributed by atoms with E-state index in [-0.39, 0.29) is 18.2 Å². The molecule has 0 bridgehead atoms. The number of nitrogens with one attached hydrogen (secondary N) is 1. The Hall–Kier alpha value is -2.46. The molecule has 0 aliphatic rings. The second kappa shape index (κ2) is 9.14. The molecule has 0 heterocycles. The van der Waals surface area contributed by atoms with Crippen molar-refractivity contribution in [2.24, 2.45) is 0 Å². The maximum atomic E-state index is 12.3. The van der Waals surface area contributed by atoms with Gasteiger partial charge < -0.3 is 5.32 Å². The van der Waals surface area contributed by atoms with E-state index in [0.717, 1.165) is 11.1 Å². The molecule has 2 aromatic carbocycles. The van der Waals surface area contributed by atoms with Crippen LogP contribution in [-0.4, -0.2) is 36.2 Å². The first-order chi connectivity index (χ1) is 11.9. The first-order valence-corrected chi connectivity index (χ1v) is 8.52. The van der Waals surface area contributed by atoms with E-state index in [1.165, 1.54) is 12.5 Å². The number of aryl methyl sites for hydroxylation is 1. The van der Waals surface area contributed by atoms with E-state index in [2.05, 4.69) is 36.5 Å². The summed E-state index contributed by atoms with van der Waals surface area (Å²) in [5, 5.41) is 2.86. The summed E-state index contributed by atoms with van der Waals surface area (Å²) in [5.41, 5.74) is 3.42. The molecule has 0 spiro atoms. The number of Topliss-reactive ketones (excluding diaryl/α,β-unsaturated/α-hetero) is 1. The maximum Gasteiger partial charge on any atom is 0.234 e. The fourth-order valence-electron chi connectivity index (χ4n) is 2.69. The Bertz CT molecular complexity index is 696. The van der Waals surface area contributed by atoms with Crippen LogP contribution >= 0.6 is 0 Å². The molecule has 0 saturated heterocycles. The molecule has 2 aromatic rings. The third-order valence-electron chi connectivity index (χ3n) is 4.10. The van der Waals surface area contributed by atoms with Crippen LogP contribution in [0.5, 0.6) is 0 Å². The summed E-state index contributed by atoms with van der Waals surface area (Å²) in [4.78, 5) is 26.1. The Morgan fingerprint density at radius 3 is 2.24 bits per heavy atom. The lowest BCUT2D eigenvalue weighted by Gasteiger charge is -2.20. The van der Waals surface area contributed by atoms with Gasteiger partial charge in [-0.25, -0.2) is 0 Å². The average Bonchev–Trinajstić information content (AvgIpc) is 2.57. The minimum atomic E-state index is -0.484. The first kappa shape index (κ1) is 18.9. The van der Waals surface area contributed by atoms with Crippen molar-refractivity contribution in [3.63, 3.8) is 0 Å². The minimum absolute atomic E-state index is 0.0293. The van der Waals surface area contributed by atoms with Crippen molar-refractivity contribution in [2.45, 2.75) is 32.9 Å². The molecule has 1 atom stereocenters. The highest BCUT2D eigenvalue weighted by atomic mass is 16.2. The zero-order chi connectivity index (χ0) is 18.2. The molecule has 0 saturated carbocycles. The molecule has 1 N–H and O–H groups in total. The molecular formula is C21H26N2O2. The second-order valence-electron chi connectivity index (χ2n) is 6.58. The number of nitrogens with zero attached hydrogens (tertiary/aromatic N) is 1. The van der Waals surface area contributed by atoms with Gasteiger partial charge in [-0.3, -0.25) is 14.5 Å². The summed E-state index contributed by atoms with van der Waals surface area (Å²) in [5.74, 6) is -0.163. The first-order valence-electron chi connectivity index (χ1n) is 8.52. The van der Waals surface area contributed by atoms with Crippen molar-refractivity contribution in [1.82, 2.24) is 10.2 Å². The van der Waals surface area contributed by atoms with Gasteiger partial charge in [0.1, 0.15) is 0 Å². The quantitative estimate of drug-likeness (QED) is 0.805. The van der Waals surface area contributed by atoms with E-state index < -0.39 is 6.04 Å². The normalized spacial score (nSPS) is 12.0. The van der Waals surface area contributed by atoms with E-state index in [1.807, 2.05) is 42.3 Å². The minimum Gasteiger partial charge on any atom is -0.345 e. The van der Waals surface area contributed by atoms with Gasteiger partial charge in [0.15, 0.2) is 5.78 Å². The number of likely N-dealkylation sites (N-methyl/N-ethyl adjacent to an activating group) is 1. The summed E-state index contributed by atoms with van der Waals surface area (Å²) in [7, 11) is 1.90. The third kappa shape index (κ3) is 6.51. The molecule has 1 unspecified atom stereocenters. The second-order valence-corrected chi connectivity index (χ2v) is 6.58. The van der Waals surface area contributed by atoms with Gasteiger partial charge >= 0.3 is 0 Å². The molecule has 132 valence electrons. The number of carbonyl (C=O) groups excluding carboxylic acids is 2. The van der Waals surface area contributed by atoms with Crippen molar-refractivity contribution in [3.8, 4) is 0 Å². The van der Waals surface area contributed by atoms with Crippen molar-refractivity contribution in [2.75, 3.05) is 13.6 Å². The lowest BCUT2D eigenvalue weighted by molar-refractivity contribution is -0.127. The number of amides is 1. The molecule has 0 aliphatic heterocycles. The molecule has 0 fully saturated rings. The van der Waals surface area contributed by atoms with E-state index >= 15 is 0 Å². The summed E-state index contributed by atoms with van der Waals surface area (Å²) in [6.45, 7) is 4.52. The summed E-state index contributed by atoms with van der Waals surface area (Å²) in [6.07, 6.45) is 0.517. The van der Waals surface area contributed by atoms with Gasteiger partial charge in [-0.1, -0.05) is 60.2 Å².